The Balaban J connectivity index is 1.43. The predicted molar refractivity (Wildman–Crippen MR) is 164 cm³/mol. The molecule has 3 saturated carbocycles. The van der Waals surface area contributed by atoms with Crippen LogP contribution in [0.25, 0.3) is 0 Å². The topological polar surface area (TPSA) is 21.7 Å². The molecule has 9 atom stereocenters. The molecule has 4 aliphatic rings. The molecule has 0 aromatic carbocycles. The van der Waals surface area contributed by atoms with Crippen LogP contribution in [0.1, 0.15) is 133 Å². The van der Waals surface area contributed by atoms with Crippen molar-refractivity contribution in [1.82, 2.24) is 4.67 Å². The van der Waals surface area contributed by atoms with Gasteiger partial charge in [0.25, 0.3) is 8.53 Å². The minimum absolute atomic E-state index is 0.299. The third kappa shape index (κ3) is 5.98. The summed E-state index contributed by atoms with van der Waals surface area (Å²) in [6, 6.07) is 0.851. The van der Waals surface area contributed by atoms with Gasteiger partial charge >= 0.3 is 0 Å². The summed E-state index contributed by atoms with van der Waals surface area (Å²) in [5.41, 5.74) is 2.68. The Morgan fingerprint density at radius 1 is 0.921 bits per heavy atom. The summed E-state index contributed by atoms with van der Waals surface area (Å²) < 4.78 is 15.1. The van der Waals surface area contributed by atoms with Gasteiger partial charge in [-0.1, -0.05) is 65.5 Å². The molecule has 0 radical (unpaired) electrons. The molecule has 220 valence electrons. The van der Waals surface area contributed by atoms with Gasteiger partial charge in [0.05, 0.1) is 6.10 Å². The van der Waals surface area contributed by atoms with Crippen molar-refractivity contribution in [3.8, 4) is 0 Å². The van der Waals surface area contributed by atoms with Crippen molar-refractivity contribution >= 4 is 8.53 Å². The standard InChI is InChI=1S/C34H62NO2P/c1-23(2)12-11-13-26(7)30-16-17-31-29-15-14-27-22-28(37-38(36-10)35(24(3)4)25(5)6)18-20-33(27,8)32(29)19-21-34(30,31)9/h14,23-26,28-32H,11-13,15-22H2,1-10H3/t26-,28?,29?,30-,31?,32?,33+,34-,38?/m1/s1. The molecule has 0 saturated heterocycles. The fourth-order valence-corrected chi connectivity index (χ4v) is 11.6. The second kappa shape index (κ2) is 12.5. The zero-order valence-corrected chi connectivity index (χ0v) is 27.7. The molecule has 0 spiro atoms. The highest BCUT2D eigenvalue weighted by molar-refractivity contribution is 7.44. The molecule has 5 unspecified atom stereocenters. The van der Waals surface area contributed by atoms with E-state index in [0.717, 1.165) is 41.9 Å². The van der Waals surface area contributed by atoms with E-state index in [1.54, 1.807) is 5.57 Å². The normalized spacial score (nSPS) is 38.8. The maximum atomic E-state index is 6.76. The molecule has 0 bridgehead atoms. The van der Waals surface area contributed by atoms with E-state index in [9.17, 15) is 0 Å². The zero-order valence-electron chi connectivity index (χ0n) is 26.8. The minimum Gasteiger partial charge on any atom is -0.325 e. The van der Waals surface area contributed by atoms with Gasteiger partial charge in [-0.3, -0.25) is 0 Å². The number of hydrogen-bond acceptors (Lipinski definition) is 3. The van der Waals surface area contributed by atoms with Crippen LogP contribution in [-0.4, -0.2) is 30.0 Å². The first kappa shape index (κ1) is 31.0. The maximum absolute atomic E-state index is 6.76. The van der Waals surface area contributed by atoms with Crippen LogP contribution in [0.15, 0.2) is 11.6 Å². The van der Waals surface area contributed by atoms with Gasteiger partial charge in [-0.15, -0.1) is 0 Å². The van der Waals surface area contributed by atoms with Crippen LogP contribution < -0.4 is 0 Å². The lowest BCUT2D eigenvalue weighted by Gasteiger charge is -2.58. The highest BCUT2D eigenvalue weighted by Crippen LogP contribution is 2.67. The Morgan fingerprint density at radius 2 is 1.63 bits per heavy atom. The van der Waals surface area contributed by atoms with Gasteiger partial charge in [0.1, 0.15) is 0 Å². The second-order valence-electron chi connectivity index (χ2n) is 15.2. The van der Waals surface area contributed by atoms with E-state index in [0.29, 0.717) is 29.0 Å². The average molecular weight is 548 g/mol. The first-order valence-electron chi connectivity index (χ1n) is 16.4. The zero-order chi connectivity index (χ0) is 27.8. The Hall–Kier alpha value is 0.0500. The van der Waals surface area contributed by atoms with E-state index >= 15 is 0 Å². The number of hydrogen-bond donors (Lipinski definition) is 0. The van der Waals surface area contributed by atoms with Crippen molar-refractivity contribution in [2.75, 3.05) is 7.11 Å². The van der Waals surface area contributed by atoms with Crippen LogP contribution in [0.4, 0.5) is 0 Å². The van der Waals surface area contributed by atoms with Crippen molar-refractivity contribution < 1.29 is 9.05 Å². The summed E-state index contributed by atoms with van der Waals surface area (Å²) in [4.78, 5) is 0. The number of fused-ring (bicyclic) bond motifs is 5. The summed E-state index contributed by atoms with van der Waals surface area (Å²) in [5.74, 6) is 5.41. The molecule has 4 rings (SSSR count). The smallest absolute Gasteiger partial charge is 0.259 e. The lowest BCUT2D eigenvalue weighted by molar-refractivity contribution is -0.0564. The van der Waals surface area contributed by atoms with Crippen LogP contribution >= 0.6 is 8.53 Å². The SMILES string of the molecule is COP(OC1CC[C@@]2(C)C(=CCC3C2CC[C@@]2(C)C3CC[C@@H]2[C@H](C)CCCC(C)C)C1)N(C(C)C)C(C)C. The predicted octanol–water partition coefficient (Wildman–Crippen LogP) is 10.4. The van der Waals surface area contributed by atoms with Gasteiger partial charge in [0.2, 0.25) is 0 Å². The van der Waals surface area contributed by atoms with E-state index in [1.807, 2.05) is 7.11 Å². The third-order valence-corrected chi connectivity index (χ3v) is 14.0. The van der Waals surface area contributed by atoms with Gasteiger partial charge < -0.3 is 9.05 Å². The molecular formula is C34H62NO2P. The Kier molecular flexibility index (Phi) is 10.2. The minimum atomic E-state index is -1.01. The van der Waals surface area contributed by atoms with E-state index in [4.69, 9.17) is 9.05 Å². The maximum Gasteiger partial charge on any atom is 0.259 e. The van der Waals surface area contributed by atoms with Gasteiger partial charge in [0, 0.05) is 19.2 Å². The summed E-state index contributed by atoms with van der Waals surface area (Å²) >= 11 is 0. The molecule has 4 heteroatoms. The van der Waals surface area contributed by atoms with Crippen molar-refractivity contribution in [1.29, 1.82) is 0 Å². The highest BCUT2D eigenvalue weighted by Gasteiger charge is 2.59. The summed E-state index contributed by atoms with van der Waals surface area (Å²) in [6.45, 7) is 21.8. The summed E-state index contributed by atoms with van der Waals surface area (Å²) in [6.07, 6.45) is 18.1. The first-order chi connectivity index (χ1) is 17.9. The monoisotopic (exact) mass is 547 g/mol. The van der Waals surface area contributed by atoms with Crippen molar-refractivity contribution in [3.05, 3.63) is 11.6 Å². The lowest BCUT2D eigenvalue weighted by atomic mass is 9.47. The number of rotatable bonds is 11. The third-order valence-electron chi connectivity index (χ3n) is 11.9. The van der Waals surface area contributed by atoms with Gasteiger partial charge in [-0.05, 0) is 125 Å². The van der Waals surface area contributed by atoms with Crippen LogP contribution in [0.5, 0.6) is 0 Å². The first-order valence-corrected chi connectivity index (χ1v) is 17.5. The van der Waals surface area contributed by atoms with Crippen LogP contribution in [0, 0.1) is 46.3 Å². The number of nitrogens with zero attached hydrogens (tertiary/aromatic N) is 1. The lowest BCUT2D eigenvalue weighted by Crippen LogP contribution is -2.51. The summed E-state index contributed by atoms with van der Waals surface area (Å²) in [5, 5.41) is 0. The Morgan fingerprint density at radius 3 is 2.26 bits per heavy atom. The largest absolute Gasteiger partial charge is 0.325 e. The average Bonchev–Trinajstić information content (AvgIpc) is 3.20. The second-order valence-corrected chi connectivity index (χ2v) is 16.8. The molecule has 0 aromatic rings. The van der Waals surface area contributed by atoms with Crippen molar-refractivity contribution in [2.24, 2.45) is 46.3 Å². The molecule has 0 aliphatic heterocycles. The molecule has 0 heterocycles. The molecule has 0 aromatic heterocycles. The van der Waals surface area contributed by atoms with E-state index in [-0.39, 0.29) is 0 Å². The molecule has 4 aliphatic carbocycles. The quantitative estimate of drug-likeness (QED) is 0.190. The van der Waals surface area contributed by atoms with E-state index in [1.165, 1.54) is 64.2 Å². The van der Waals surface area contributed by atoms with Crippen molar-refractivity contribution in [3.63, 3.8) is 0 Å². The molecular weight excluding hydrogens is 485 g/mol. The molecule has 0 amide bonds. The van der Waals surface area contributed by atoms with E-state index in [2.05, 4.69) is 73.1 Å². The van der Waals surface area contributed by atoms with Gasteiger partial charge in [-0.2, -0.15) is 0 Å². The fraction of sp³-hybridized carbons (Fsp3) is 0.941. The summed E-state index contributed by atoms with van der Waals surface area (Å²) in [7, 11) is 0.825. The van der Waals surface area contributed by atoms with Gasteiger partial charge in [0.15, 0.2) is 0 Å². The molecule has 38 heavy (non-hydrogen) atoms. The van der Waals surface area contributed by atoms with Crippen LogP contribution in [0.2, 0.25) is 0 Å². The molecule has 3 fully saturated rings. The highest BCUT2D eigenvalue weighted by atomic mass is 31.2. The molecule has 3 nitrogen and oxygen atoms in total. The Bertz CT molecular complexity index is 802. The van der Waals surface area contributed by atoms with Crippen LogP contribution in [-0.2, 0) is 9.05 Å². The van der Waals surface area contributed by atoms with E-state index < -0.39 is 8.53 Å². The van der Waals surface area contributed by atoms with Gasteiger partial charge in [-0.25, -0.2) is 4.67 Å². The number of allylic oxidation sites excluding steroid dienone is 1. The molecule has 0 N–H and O–H groups in total. The fourth-order valence-electron chi connectivity index (χ4n) is 10.0. The van der Waals surface area contributed by atoms with Crippen LogP contribution in [0.3, 0.4) is 0 Å². The van der Waals surface area contributed by atoms with Crippen molar-refractivity contribution in [2.45, 2.75) is 151 Å². The Labute approximate surface area is 238 Å².